The van der Waals surface area contributed by atoms with Gasteiger partial charge in [0.05, 0.1) is 6.04 Å². The van der Waals surface area contributed by atoms with E-state index in [0.717, 1.165) is 21.4 Å². The third-order valence-corrected chi connectivity index (χ3v) is 9.71. The van der Waals surface area contributed by atoms with Gasteiger partial charge in [-0.2, -0.15) is 0 Å². The van der Waals surface area contributed by atoms with E-state index >= 15 is 0 Å². The van der Waals surface area contributed by atoms with Crippen LogP contribution in [0.1, 0.15) is 66.4 Å². The number of nitrogens with one attached hydrogen (secondary N) is 4. The molecule has 5 N–H and O–H groups in total. The van der Waals surface area contributed by atoms with E-state index in [1.807, 2.05) is 76.7 Å². The number of carbonyl (C=O) groups excluding carboxylic acids is 6. The van der Waals surface area contributed by atoms with E-state index in [-0.39, 0.29) is 49.9 Å². The Morgan fingerprint density at radius 1 is 0.963 bits per heavy atom. The molecule has 2 heterocycles. The van der Waals surface area contributed by atoms with Crippen molar-refractivity contribution in [3.05, 3.63) is 59.8 Å². The number of aliphatic carboxylic acids is 1. The average molecular weight is 750 g/mol. The van der Waals surface area contributed by atoms with Crippen molar-refractivity contribution in [3.63, 3.8) is 0 Å². The number of carboxylic acids is 1. The fourth-order valence-electron chi connectivity index (χ4n) is 6.39. The first-order valence-electron chi connectivity index (χ1n) is 18.0. The Balaban J connectivity index is 1.58. The fourth-order valence-corrected chi connectivity index (χ4v) is 6.39. The number of benzene rings is 1. The molecule has 1 aliphatic heterocycles. The highest BCUT2D eigenvalue weighted by Gasteiger charge is 2.41. The summed E-state index contributed by atoms with van der Waals surface area (Å²) in [7, 11) is 5.23. The highest BCUT2D eigenvalue weighted by molar-refractivity contribution is 6.12. The number of hydrogen-bond donors (Lipinski definition) is 5. The summed E-state index contributed by atoms with van der Waals surface area (Å²) in [4.78, 5) is 90.6. The first kappa shape index (κ1) is 43.1. The molecule has 294 valence electrons. The molecule has 0 spiro atoms. The average Bonchev–Trinajstić information content (AvgIpc) is 3.62. The standard InChI is InChI=1S/C39H55N7O8/c1-24(34(50)42-27(37(53)54)15-16-29(47)41-20-12-21-46-30(48)17-18-31(46)49)19-22-44(8)36(52)33(38(2,3)4)43-35(51)32(40-7)39(5,6)26-23-45(9)28-14-11-10-13-25(26)28/h10-11,13-14,17-19,23,27,32-33,40H,12,15-16,20-22H2,1-9H3,(H,41,47)(H,42,50)(H,43,51)(H,53,54)/b24-19+/t27-,32-,33?/m1/s1. The van der Waals surface area contributed by atoms with Crippen LogP contribution >= 0.6 is 0 Å². The van der Waals surface area contributed by atoms with Gasteiger partial charge in [0.15, 0.2) is 0 Å². The molecule has 0 saturated carbocycles. The number of carbonyl (C=O) groups is 7. The molecule has 0 aliphatic carbocycles. The summed E-state index contributed by atoms with van der Waals surface area (Å²) < 4.78 is 2.03. The number of aryl methyl sites for hydroxylation is 1. The number of amides is 6. The highest BCUT2D eigenvalue weighted by atomic mass is 16.4. The van der Waals surface area contributed by atoms with Gasteiger partial charge in [0.2, 0.25) is 23.6 Å². The highest BCUT2D eigenvalue weighted by Crippen LogP contribution is 2.35. The van der Waals surface area contributed by atoms with Crippen molar-refractivity contribution in [2.45, 2.75) is 84.3 Å². The van der Waals surface area contributed by atoms with E-state index < -0.39 is 58.6 Å². The maximum absolute atomic E-state index is 14.0. The molecule has 6 amide bonds. The summed E-state index contributed by atoms with van der Waals surface area (Å²) in [5.74, 6) is -3.98. The lowest BCUT2D eigenvalue weighted by atomic mass is 9.76. The number of fused-ring (bicyclic) bond motifs is 1. The van der Waals surface area contributed by atoms with Gasteiger partial charge in [-0.1, -0.05) is 58.9 Å². The van der Waals surface area contributed by atoms with Crippen molar-refractivity contribution in [2.75, 3.05) is 33.7 Å². The van der Waals surface area contributed by atoms with E-state index in [0.29, 0.717) is 6.42 Å². The lowest BCUT2D eigenvalue weighted by Crippen LogP contribution is -2.60. The molecule has 2 aromatic rings. The Morgan fingerprint density at radius 3 is 2.19 bits per heavy atom. The molecule has 1 aromatic heterocycles. The van der Waals surface area contributed by atoms with Crippen LogP contribution < -0.4 is 21.3 Å². The molecule has 0 saturated heterocycles. The maximum atomic E-state index is 14.0. The summed E-state index contributed by atoms with van der Waals surface area (Å²) in [6.45, 7) is 11.3. The molecular weight excluding hydrogens is 694 g/mol. The van der Waals surface area contributed by atoms with E-state index in [1.165, 1.54) is 30.1 Å². The van der Waals surface area contributed by atoms with Crippen LogP contribution in [-0.2, 0) is 46.0 Å². The zero-order valence-electron chi connectivity index (χ0n) is 32.7. The molecular formula is C39H55N7O8. The molecule has 0 bridgehead atoms. The van der Waals surface area contributed by atoms with Crippen molar-refractivity contribution >= 4 is 52.3 Å². The van der Waals surface area contributed by atoms with Crippen LogP contribution in [0.4, 0.5) is 0 Å². The predicted molar refractivity (Wildman–Crippen MR) is 204 cm³/mol. The molecule has 15 heteroatoms. The fraction of sp³-hybridized carbons (Fsp3) is 0.513. The van der Waals surface area contributed by atoms with Crippen molar-refractivity contribution in [1.29, 1.82) is 0 Å². The number of rotatable bonds is 18. The summed E-state index contributed by atoms with van der Waals surface area (Å²) in [5, 5.41) is 21.9. The van der Waals surface area contributed by atoms with E-state index in [9.17, 15) is 38.7 Å². The van der Waals surface area contributed by atoms with Gasteiger partial charge in [-0.05, 0) is 43.9 Å². The lowest BCUT2D eigenvalue weighted by Gasteiger charge is -2.38. The minimum absolute atomic E-state index is 0.00230. The van der Waals surface area contributed by atoms with Crippen LogP contribution in [0.5, 0.6) is 0 Å². The molecule has 3 rings (SSSR count). The van der Waals surface area contributed by atoms with Crippen molar-refractivity contribution in [1.82, 2.24) is 35.6 Å². The molecule has 1 aliphatic rings. The topological polar surface area (TPSA) is 199 Å². The number of para-hydroxylation sites is 1. The Labute approximate surface area is 316 Å². The third-order valence-electron chi connectivity index (χ3n) is 9.71. The van der Waals surface area contributed by atoms with Crippen molar-refractivity contribution < 1.29 is 38.7 Å². The molecule has 0 radical (unpaired) electrons. The quantitative estimate of drug-likeness (QED) is 0.0857. The molecule has 54 heavy (non-hydrogen) atoms. The van der Waals surface area contributed by atoms with Crippen LogP contribution in [0.25, 0.3) is 10.9 Å². The zero-order valence-corrected chi connectivity index (χ0v) is 32.7. The largest absolute Gasteiger partial charge is 0.480 e. The maximum Gasteiger partial charge on any atom is 0.326 e. The zero-order chi connectivity index (χ0) is 40.5. The summed E-state index contributed by atoms with van der Waals surface area (Å²) >= 11 is 0. The van der Waals surface area contributed by atoms with Gasteiger partial charge >= 0.3 is 5.97 Å². The molecule has 0 fully saturated rings. The Bertz CT molecular complexity index is 1800. The van der Waals surface area contributed by atoms with E-state index in [4.69, 9.17) is 0 Å². The van der Waals surface area contributed by atoms with Crippen LogP contribution in [0, 0.1) is 5.41 Å². The van der Waals surface area contributed by atoms with E-state index in [2.05, 4.69) is 21.3 Å². The lowest BCUT2D eigenvalue weighted by molar-refractivity contribution is -0.141. The number of hydrogen-bond acceptors (Lipinski definition) is 8. The molecule has 1 unspecified atom stereocenters. The van der Waals surface area contributed by atoms with Gasteiger partial charge in [0, 0.05) is 80.4 Å². The SMILES string of the molecule is CN[C@H](C(=O)NC(C(=O)N(C)C/C=C(\C)C(=O)N[C@H](CCC(=O)NCCCN1C(=O)C=CC1=O)C(=O)O)C(C)(C)C)C(C)(C)c1cn(C)c2ccccc12. The van der Waals surface area contributed by atoms with Crippen molar-refractivity contribution in [3.8, 4) is 0 Å². The number of carboxylic acid groups (broad SMARTS) is 1. The Morgan fingerprint density at radius 2 is 1.59 bits per heavy atom. The second-order valence-electron chi connectivity index (χ2n) is 15.3. The number of imide groups is 1. The third kappa shape index (κ3) is 10.6. The van der Waals surface area contributed by atoms with Crippen LogP contribution in [0.3, 0.4) is 0 Å². The first-order valence-corrected chi connectivity index (χ1v) is 18.0. The van der Waals surface area contributed by atoms with E-state index in [1.54, 1.807) is 14.1 Å². The minimum Gasteiger partial charge on any atom is -0.480 e. The summed E-state index contributed by atoms with van der Waals surface area (Å²) in [6, 6.07) is 5.02. The van der Waals surface area contributed by atoms with Crippen LogP contribution in [0.2, 0.25) is 0 Å². The summed E-state index contributed by atoms with van der Waals surface area (Å²) in [6.07, 6.45) is 5.83. The van der Waals surface area contributed by atoms with Crippen LogP contribution in [-0.4, -0.2) is 113 Å². The Hall–Kier alpha value is -5.31. The minimum atomic E-state index is -1.35. The number of aromatic nitrogens is 1. The summed E-state index contributed by atoms with van der Waals surface area (Å²) in [5.41, 5.74) is 0.841. The number of nitrogens with zero attached hydrogens (tertiary/aromatic N) is 3. The second-order valence-corrected chi connectivity index (χ2v) is 15.3. The van der Waals surface area contributed by atoms with Gasteiger partial charge in [0.25, 0.3) is 11.8 Å². The first-order chi connectivity index (χ1) is 25.2. The van der Waals surface area contributed by atoms with Gasteiger partial charge in [0.1, 0.15) is 12.1 Å². The van der Waals surface area contributed by atoms with Gasteiger partial charge in [-0.3, -0.25) is 33.7 Å². The molecule has 15 nitrogen and oxygen atoms in total. The Kier molecular flexibility index (Phi) is 14.5. The molecule has 3 atom stereocenters. The molecule has 1 aromatic carbocycles. The van der Waals surface area contributed by atoms with Gasteiger partial charge < -0.3 is 35.8 Å². The van der Waals surface area contributed by atoms with Gasteiger partial charge in [-0.25, -0.2) is 4.79 Å². The smallest absolute Gasteiger partial charge is 0.326 e. The number of likely N-dealkylation sites (N-methyl/N-ethyl adjacent to an activating group) is 2. The predicted octanol–water partition coefficient (Wildman–Crippen LogP) is 1.76. The normalized spacial score (nSPS) is 15.2. The van der Waals surface area contributed by atoms with Crippen LogP contribution in [0.15, 0.2) is 54.3 Å². The monoisotopic (exact) mass is 749 g/mol. The second kappa shape index (κ2) is 18.1. The van der Waals surface area contributed by atoms with Gasteiger partial charge in [-0.15, -0.1) is 0 Å². The van der Waals surface area contributed by atoms with Crippen molar-refractivity contribution in [2.24, 2.45) is 12.5 Å².